The van der Waals surface area contributed by atoms with Crippen LogP contribution in [0, 0.1) is 0 Å². The lowest BCUT2D eigenvalue weighted by Crippen LogP contribution is -2.23. The zero-order valence-corrected chi connectivity index (χ0v) is 10.3. The fraction of sp³-hybridized carbons (Fsp3) is 0.615. The van der Waals surface area contributed by atoms with E-state index in [0.29, 0.717) is 19.2 Å². The third kappa shape index (κ3) is 3.33. The van der Waals surface area contributed by atoms with E-state index in [1.807, 2.05) is 12.3 Å². The van der Waals surface area contributed by atoms with Crippen molar-refractivity contribution in [1.29, 1.82) is 0 Å². The van der Waals surface area contributed by atoms with Gasteiger partial charge in [-0.3, -0.25) is 4.79 Å². The lowest BCUT2D eigenvalue weighted by Gasteiger charge is -2.14. The molecule has 0 saturated heterocycles. The molecular formula is C13H20N2O2. The van der Waals surface area contributed by atoms with Crippen LogP contribution < -0.4 is 10.9 Å². The van der Waals surface area contributed by atoms with Crippen LogP contribution in [0.3, 0.4) is 0 Å². The molecule has 1 aliphatic rings. The summed E-state index contributed by atoms with van der Waals surface area (Å²) in [5.74, 6) is 0. The molecule has 0 amide bonds. The van der Waals surface area contributed by atoms with Gasteiger partial charge in [-0.2, -0.15) is 0 Å². The standard InChI is InChI=1S/C13H20N2O2/c1-17-9-8-15-10-12(6-7-13(15)16)14-11-4-2-3-5-11/h6-7,10-11,14H,2-5,8-9H2,1H3. The van der Waals surface area contributed by atoms with Gasteiger partial charge in [-0.05, 0) is 18.9 Å². The third-order valence-corrected chi connectivity index (χ3v) is 3.25. The summed E-state index contributed by atoms with van der Waals surface area (Å²) in [5, 5.41) is 3.48. The van der Waals surface area contributed by atoms with Crippen molar-refractivity contribution in [2.24, 2.45) is 0 Å². The van der Waals surface area contributed by atoms with Gasteiger partial charge in [-0.25, -0.2) is 0 Å². The molecule has 1 aliphatic carbocycles. The number of pyridine rings is 1. The van der Waals surface area contributed by atoms with Gasteiger partial charge in [0.2, 0.25) is 0 Å². The molecule has 0 unspecified atom stereocenters. The van der Waals surface area contributed by atoms with Crippen molar-refractivity contribution in [3.05, 3.63) is 28.7 Å². The van der Waals surface area contributed by atoms with Crippen molar-refractivity contribution in [1.82, 2.24) is 4.57 Å². The summed E-state index contributed by atoms with van der Waals surface area (Å²) in [6, 6.07) is 4.06. The number of hydrogen-bond acceptors (Lipinski definition) is 3. The Kier molecular flexibility index (Phi) is 4.20. The van der Waals surface area contributed by atoms with Gasteiger partial charge in [0.1, 0.15) is 0 Å². The van der Waals surface area contributed by atoms with Gasteiger partial charge in [0.25, 0.3) is 5.56 Å². The molecule has 4 nitrogen and oxygen atoms in total. The number of nitrogens with one attached hydrogen (secondary N) is 1. The fourth-order valence-corrected chi connectivity index (χ4v) is 2.29. The summed E-state index contributed by atoms with van der Waals surface area (Å²) in [7, 11) is 1.64. The number of aromatic nitrogens is 1. The van der Waals surface area contributed by atoms with Crippen LogP contribution in [0.4, 0.5) is 5.69 Å². The van der Waals surface area contributed by atoms with Crippen molar-refractivity contribution >= 4 is 5.69 Å². The van der Waals surface area contributed by atoms with E-state index in [-0.39, 0.29) is 5.56 Å². The second kappa shape index (κ2) is 5.87. The predicted octanol–water partition coefficient (Wildman–Crippen LogP) is 1.85. The van der Waals surface area contributed by atoms with Gasteiger partial charge in [-0.15, -0.1) is 0 Å². The molecule has 1 heterocycles. The van der Waals surface area contributed by atoms with E-state index >= 15 is 0 Å². The summed E-state index contributed by atoms with van der Waals surface area (Å²) in [5.41, 5.74) is 1.06. The first-order chi connectivity index (χ1) is 8.29. The third-order valence-electron chi connectivity index (χ3n) is 3.25. The van der Waals surface area contributed by atoms with E-state index in [1.165, 1.54) is 25.7 Å². The molecule has 0 radical (unpaired) electrons. The van der Waals surface area contributed by atoms with Crippen LogP contribution in [0.5, 0.6) is 0 Å². The van der Waals surface area contributed by atoms with Gasteiger partial charge >= 0.3 is 0 Å². The Hall–Kier alpha value is -1.29. The second-order valence-electron chi connectivity index (χ2n) is 4.57. The molecule has 1 aromatic heterocycles. The van der Waals surface area contributed by atoms with E-state index < -0.39 is 0 Å². The molecule has 1 N–H and O–H groups in total. The predicted molar refractivity (Wildman–Crippen MR) is 68.5 cm³/mol. The highest BCUT2D eigenvalue weighted by Gasteiger charge is 2.14. The number of rotatable bonds is 5. The zero-order chi connectivity index (χ0) is 12.1. The summed E-state index contributed by atoms with van der Waals surface area (Å²) >= 11 is 0. The lowest BCUT2D eigenvalue weighted by molar-refractivity contribution is 0.186. The summed E-state index contributed by atoms with van der Waals surface area (Å²) < 4.78 is 6.69. The molecule has 0 aliphatic heterocycles. The first-order valence-electron chi connectivity index (χ1n) is 6.25. The van der Waals surface area contributed by atoms with Crippen LogP contribution in [0.15, 0.2) is 23.1 Å². The molecule has 4 heteroatoms. The minimum atomic E-state index is 0.0269. The van der Waals surface area contributed by atoms with E-state index in [4.69, 9.17) is 4.74 Å². The maximum atomic E-state index is 11.6. The highest BCUT2D eigenvalue weighted by atomic mass is 16.5. The zero-order valence-electron chi connectivity index (χ0n) is 10.3. The molecule has 0 spiro atoms. The van der Waals surface area contributed by atoms with E-state index in [0.717, 1.165) is 5.69 Å². The fourth-order valence-electron chi connectivity index (χ4n) is 2.29. The smallest absolute Gasteiger partial charge is 0.250 e. The SMILES string of the molecule is COCCn1cc(NC2CCCC2)ccc1=O. The molecule has 0 aromatic carbocycles. The Morgan fingerprint density at radius 2 is 2.18 bits per heavy atom. The van der Waals surface area contributed by atoms with Crippen LogP contribution in [0.1, 0.15) is 25.7 Å². The van der Waals surface area contributed by atoms with Gasteiger partial charge in [0.15, 0.2) is 0 Å². The average Bonchev–Trinajstić information content (AvgIpc) is 2.82. The van der Waals surface area contributed by atoms with Gasteiger partial charge in [0.05, 0.1) is 12.3 Å². The van der Waals surface area contributed by atoms with E-state index in [1.54, 1.807) is 17.7 Å². The molecule has 0 atom stereocenters. The highest BCUT2D eigenvalue weighted by molar-refractivity contribution is 5.41. The lowest BCUT2D eigenvalue weighted by atomic mass is 10.2. The minimum absolute atomic E-state index is 0.0269. The molecule has 1 saturated carbocycles. The molecule has 1 aromatic rings. The summed E-state index contributed by atoms with van der Waals surface area (Å²) in [6.07, 6.45) is 6.97. The van der Waals surface area contributed by atoms with Crippen molar-refractivity contribution in [2.75, 3.05) is 19.0 Å². The Morgan fingerprint density at radius 3 is 2.88 bits per heavy atom. The van der Waals surface area contributed by atoms with Gasteiger partial charge in [0, 0.05) is 32.0 Å². The molecule has 17 heavy (non-hydrogen) atoms. The largest absolute Gasteiger partial charge is 0.383 e. The Bertz CT molecular complexity index is 408. The molecule has 94 valence electrons. The first kappa shape index (κ1) is 12.2. The maximum Gasteiger partial charge on any atom is 0.250 e. The van der Waals surface area contributed by atoms with Crippen LogP contribution >= 0.6 is 0 Å². The van der Waals surface area contributed by atoms with Crippen molar-refractivity contribution in [2.45, 2.75) is 38.3 Å². The van der Waals surface area contributed by atoms with E-state index in [2.05, 4.69) is 5.32 Å². The summed E-state index contributed by atoms with van der Waals surface area (Å²) in [6.45, 7) is 1.17. The topological polar surface area (TPSA) is 43.3 Å². The number of methoxy groups -OCH3 is 1. The molecule has 2 rings (SSSR count). The quantitative estimate of drug-likeness (QED) is 0.848. The average molecular weight is 236 g/mol. The highest BCUT2D eigenvalue weighted by Crippen LogP contribution is 2.21. The van der Waals surface area contributed by atoms with Crippen molar-refractivity contribution < 1.29 is 4.74 Å². The normalized spacial score (nSPS) is 16.3. The monoisotopic (exact) mass is 236 g/mol. The van der Waals surface area contributed by atoms with Crippen molar-refractivity contribution in [3.63, 3.8) is 0 Å². The summed E-state index contributed by atoms with van der Waals surface area (Å²) in [4.78, 5) is 11.6. The van der Waals surface area contributed by atoms with Crippen molar-refractivity contribution in [3.8, 4) is 0 Å². The Labute approximate surface area is 102 Å². The molecule has 1 fully saturated rings. The number of nitrogens with zero attached hydrogens (tertiary/aromatic N) is 1. The Balaban J connectivity index is 2.04. The van der Waals surface area contributed by atoms with Crippen LogP contribution in [-0.2, 0) is 11.3 Å². The van der Waals surface area contributed by atoms with Gasteiger partial charge in [-0.1, -0.05) is 12.8 Å². The van der Waals surface area contributed by atoms with Crippen LogP contribution in [-0.4, -0.2) is 24.3 Å². The minimum Gasteiger partial charge on any atom is -0.383 e. The van der Waals surface area contributed by atoms with Gasteiger partial charge < -0.3 is 14.6 Å². The number of hydrogen-bond donors (Lipinski definition) is 1. The Morgan fingerprint density at radius 1 is 1.41 bits per heavy atom. The van der Waals surface area contributed by atoms with Crippen LogP contribution in [0.2, 0.25) is 0 Å². The molecular weight excluding hydrogens is 216 g/mol. The second-order valence-corrected chi connectivity index (χ2v) is 4.57. The van der Waals surface area contributed by atoms with Crippen LogP contribution in [0.25, 0.3) is 0 Å². The number of ether oxygens (including phenoxy) is 1. The first-order valence-corrected chi connectivity index (χ1v) is 6.25. The van der Waals surface area contributed by atoms with E-state index in [9.17, 15) is 4.79 Å². The molecule has 0 bridgehead atoms. The maximum absolute atomic E-state index is 11.6. The number of anilines is 1.